The highest BCUT2D eigenvalue weighted by Gasteiger charge is 2.54. The Labute approximate surface area is 136 Å². The SMILES string of the molecule is O=C1NC(=O)C2(N1)c1ccccc1-c1ccc(-c3ccn[nH]3)cc12. The van der Waals surface area contributed by atoms with Crippen molar-refractivity contribution in [2.75, 3.05) is 0 Å². The maximum Gasteiger partial charge on any atom is 0.322 e. The summed E-state index contributed by atoms with van der Waals surface area (Å²) in [6, 6.07) is 15.0. The van der Waals surface area contributed by atoms with Crippen molar-refractivity contribution in [1.29, 1.82) is 0 Å². The number of imide groups is 1. The van der Waals surface area contributed by atoms with Gasteiger partial charge in [-0.2, -0.15) is 5.10 Å². The zero-order valence-electron chi connectivity index (χ0n) is 12.5. The van der Waals surface area contributed by atoms with E-state index in [0.29, 0.717) is 0 Å². The maximum atomic E-state index is 12.7. The van der Waals surface area contributed by atoms with Crippen LogP contribution in [0.25, 0.3) is 22.4 Å². The number of H-pyrrole nitrogens is 1. The molecular weight excluding hydrogens is 304 g/mol. The van der Waals surface area contributed by atoms with Gasteiger partial charge >= 0.3 is 6.03 Å². The Hall–Kier alpha value is -3.41. The highest BCUT2D eigenvalue weighted by molar-refractivity contribution is 6.13. The normalized spacial score (nSPS) is 20.7. The molecule has 6 nitrogen and oxygen atoms in total. The first-order valence-corrected chi connectivity index (χ1v) is 7.58. The maximum absolute atomic E-state index is 12.7. The minimum atomic E-state index is -1.17. The molecule has 116 valence electrons. The summed E-state index contributed by atoms with van der Waals surface area (Å²) in [7, 11) is 0. The van der Waals surface area contributed by atoms with E-state index in [1.165, 1.54) is 0 Å². The third kappa shape index (κ3) is 1.47. The summed E-state index contributed by atoms with van der Waals surface area (Å²) in [5.41, 5.74) is 4.08. The zero-order chi connectivity index (χ0) is 16.3. The van der Waals surface area contributed by atoms with E-state index in [0.717, 1.165) is 33.5 Å². The first kappa shape index (κ1) is 13.1. The molecule has 1 aromatic heterocycles. The topological polar surface area (TPSA) is 86.9 Å². The van der Waals surface area contributed by atoms with Crippen molar-refractivity contribution in [1.82, 2.24) is 20.8 Å². The molecule has 3 aromatic rings. The van der Waals surface area contributed by atoms with Gasteiger partial charge in [0.2, 0.25) is 0 Å². The molecule has 1 fully saturated rings. The van der Waals surface area contributed by atoms with Gasteiger partial charge in [0, 0.05) is 11.8 Å². The Morgan fingerprint density at radius 1 is 0.917 bits per heavy atom. The molecule has 6 heteroatoms. The van der Waals surface area contributed by atoms with E-state index in [-0.39, 0.29) is 5.91 Å². The van der Waals surface area contributed by atoms with Crippen molar-refractivity contribution >= 4 is 11.9 Å². The minimum absolute atomic E-state index is 0.347. The van der Waals surface area contributed by atoms with Crippen LogP contribution in [0.5, 0.6) is 0 Å². The molecule has 3 amide bonds. The van der Waals surface area contributed by atoms with Crippen LogP contribution in [0, 0.1) is 0 Å². The van der Waals surface area contributed by atoms with Gasteiger partial charge < -0.3 is 5.32 Å². The van der Waals surface area contributed by atoms with E-state index in [1.807, 2.05) is 48.5 Å². The standard InChI is InChI=1S/C18H12N4O2/c23-16-18(21-17(24)20-16)13-4-2-1-3-11(13)12-6-5-10(9-14(12)18)15-7-8-19-22-15/h1-9H,(H,19,22)(H2,20,21,23,24). The van der Waals surface area contributed by atoms with Crippen molar-refractivity contribution in [2.45, 2.75) is 5.54 Å². The van der Waals surface area contributed by atoms with Gasteiger partial charge in [-0.1, -0.05) is 36.4 Å². The van der Waals surface area contributed by atoms with Crippen molar-refractivity contribution < 1.29 is 9.59 Å². The fourth-order valence-electron chi connectivity index (χ4n) is 3.70. The largest absolute Gasteiger partial charge is 0.322 e. The fraction of sp³-hybridized carbons (Fsp3) is 0.0556. The van der Waals surface area contributed by atoms with Gasteiger partial charge in [-0.25, -0.2) is 4.79 Å². The van der Waals surface area contributed by atoms with Crippen LogP contribution in [-0.2, 0) is 10.3 Å². The highest BCUT2D eigenvalue weighted by Crippen LogP contribution is 2.49. The minimum Gasteiger partial charge on any atom is -0.316 e. The van der Waals surface area contributed by atoms with E-state index in [2.05, 4.69) is 20.8 Å². The number of amides is 3. The lowest BCUT2D eigenvalue weighted by atomic mass is 9.86. The van der Waals surface area contributed by atoms with E-state index >= 15 is 0 Å². The third-order valence-corrected chi connectivity index (χ3v) is 4.73. The second-order valence-corrected chi connectivity index (χ2v) is 5.93. The van der Waals surface area contributed by atoms with Crippen LogP contribution in [0.1, 0.15) is 11.1 Å². The summed E-state index contributed by atoms with van der Waals surface area (Å²) in [4.78, 5) is 24.6. The van der Waals surface area contributed by atoms with Crippen LogP contribution in [0.2, 0.25) is 0 Å². The van der Waals surface area contributed by atoms with E-state index in [1.54, 1.807) is 6.20 Å². The molecule has 1 aliphatic carbocycles. The molecule has 0 bridgehead atoms. The van der Waals surface area contributed by atoms with Gasteiger partial charge in [0.05, 0.1) is 5.69 Å². The van der Waals surface area contributed by atoms with Crippen LogP contribution in [0.15, 0.2) is 54.7 Å². The van der Waals surface area contributed by atoms with Crippen LogP contribution in [0.3, 0.4) is 0 Å². The lowest BCUT2D eigenvalue weighted by molar-refractivity contribution is -0.122. The van der Waals surface area contributed by atoms with E-state index in [4.69, 9.17) is 0 Å². The van der Waals surface area contributed by atoms with Gasteiger partial charge in [-0.3, -0.25) is 15.2 Å². The molecule has 1 unspecified atom stereocenters. The number of hydrogen-bond donors (Lipinski definition) is 3. The summed E-state index contributed by atoms with van der Waals surface area (Å²) in [6.07, 6.45) is 1.68. The number of rotatable bonds is 1. The van der Waals surface area contributed by atoms with Crippen molar-refractivity contribution in [3.63, 3.8) is 0 Å². The highest BCUT2D eigenvalue weighted by atomic mass is 16.2. The average Bonchev–Trinajstić information content (AvgIpc) is 3.28. The van der Waals surface area contributed by atoms with E-state index < -0.39 is 11.6 Å². The molecule has 1 spiro atoms. The van der Waals surface area contributed by atoms with Gasteiger partial charge in [0.1, 0.15) is 0 Å². The Balaban J connectivity index is 1.83. The van der Waals surface area contributed by atoms with Crippen LogP contribution in [0.4, 0.5) is 4.79 Å². The Bertz CT molecular complexity index is 1010. The first-order chi connectivity index (χ1) is 11.7. The second kappa shape index (κ2) is 4.32. The smallest absolute Gasteiger partial charge is 0.316 e. The molecule has 24 heavy (non-hydrogen) atoms. The van der Waals surface area contributed by atoms with Crippen LogP contribution in [-0.4, -0.2) is 22.1 Å². The number of aromatic amines is 1. The summed E-state index contributed by atoms with van der Waals surface area (Å²) in [6.45, 7) is 0. The average molecular weight is 316 g/mol. The lowest BCUT2D eigenvalue weighted by Crippen LogP contribution is -2.43. The van der Waals surface area contributed by atoms with E-state index in [9.17, 15) is 9.59 Å². The summed E-state index contributed by atoms with van der Waals surface area (Å²) < 4.78 is 0. The molecule has 2 heterocycles. The van der Waals surface area contributed by atoms with Gasteiger partial charge in [0.15, 0.2) is 5.54 Å². The number of carbonyl (C=O) groups excluding carboxylic acids is 2. The summed E-state index contributed by atoms with van der Waals surface area (Å²) in [5, 5.41) is 12.1. The lowest BCUT2D eigenvalue weighted by Gasteiger charge is -2.23. The Morgan fingerprint density at radius 2 is 1.75 bits per heavy atom. The number of fused-ring (bicyclic) bond motifs is 5. The first-order valence-electron chi connectivity index (χ1n) is 7.58. The zero-order valence-corrected chi connectivity index (χ0v) is 12.5. The number of benzene rings is 2. The summed E-state index contributed by atoms with van der Waals surface area (Å²) >= 11 is 0. The molecule has 1 saturated heterocycles. The molecule has 1 aliphatic heterocycles. The van der Waals surface area contributed by atoms with Crippen molar-refractivity contribution in [3.05, 3.63) is 65.9 Å². The van der Waals surface area contributed by atoms with Gasteiger partial charge in [-0.05, 0) is 34.4 Å². The predicted octanol–water partition coefficient (Wildman–Crippen LogP) is 2.14. The van der Waals surface area contributed by atoms with Crippen molar-refractivity contribution in [2.24, 2.45) is 0 Å². The van der Waals surface area contributed by atoms with Gasteiger partial charge in [0.25, 0.3) is 5.91 Å². The number of hydrogen-bond acceptors (Lipinski definition) is 3. The van der Waals surface area contributed by atoms with Crippen LogP contribution >= 0.6 is 0 Å². The molecule has 3 N–H and O–H groups in total. The fourth-order valence-corrected chi connectivity index (χ4v) is 3.70. The Kier molecular flexibility index (Phi) is 2.35. The quantitative estimate of drug-likeness (QED) is 0.601. The molecular formula is C18H12N4O2. The van der Waals surface area contributed by atoms with Crippen molar-refractivity contribution in [3.8, 4) is 22.4 Å². The monoisotopic (exact) mass is 316 g/mol. The molecule has 0 radical (unpaired) electrons. The van der Waals surface area contributed by atoms with Gasteiger partial charge in [-0.15, -0.1) is 0 Å². The molecule has 0 saturated carbocycles. The number of urea groups is 1. The molecule has 2 aromatic carbocycles. The third-order valence-electron chi connectivity index (χ3n) is 4.73. The predicted molar refractivity (Wildman–Crippen MR) is 86.9 cm³/mol. The number of aromatic nitrogens is 2. The summed E-state index contributed by atoms with van der Waals surface area (Å²) in [5.74, 6) is -0.347. The molecule has 2 aliphatic rings. The number of nitrogens with one attached hydrogen (secondary N) is 3. The van der Waals surface area contributed by atoms with Crippen LogP contribution < -0.4 is 10.6 Å². The number of carbonyl (C=O) groups is 2. The Morgan fingerprint density at radius 3 is 2.50 bits per heavy atom. The molecule has 5 rings (SSSR count). The molecule has 1 atom stereocenters. The second-order valence-electron chi connectivity index (χ2n) is 5.93. The number of nitrogens with zero attached hydrogens (tertiary/aromatic N) is 1.